The Balaban J connectivity index is 2.27. The summed E-state index contributed by atoms with van der Waals surface area (Å²) >= 11 is 0. The van der Waals surface area contributed by atoms with Crippen molar-refractivity contribution in [3.05, 3.63) is 29.1 Å². The second kappa shape index (κ2) is 13.3. The smallest absolute Gasteiger partial charge is 0.255 e. The van der Waals surface area contributed by atoms with E-state index in [9.17, 15) is 19.2 Å². The van der Waals surface area contributed by atoms with Crippen LogP contribution < -0.4 is 4.90 Å². The summed E-state index contributed by atoms with van der Waals surface area (Å²) in [4.78, 5) is 52.9. The zero-order chi connectivity index (χ0) is 27.9. The highest BCUT2D eigenvalue weighted by Gasteiger charge is 2.38. The summed E-state index contributed by atoms with van der Waals surface area (Å²) in [6, 6.07) is 1.76. The Bertz CT molecular complexity index is 992. The van der Waals surface area contributed by atoms with Gasteiger partial charge in [-0.05, 0) is 56.1 Å². The molecule has 1 aliphatic heterocycles. The lowest BCUT2D eigenvalue weighted by Crippen LogP contribution is -2.42. The number of ketones is 2. The van der Waals surface area contributed by atoms with E-state index in [4.69, 9.17) is 0 Å². The molecule has 2 rings (SSSR count). The molecule has 0 saturated carbocycles. The van der Waals surface area contributed by atoms with Crippen LogP contribution in [-0.4, -0.2) is 54.8 Å². The van der Waals surface area contributed by atoms with Crippen LogP contribution in [0.2, 0.25) is 0 Å². The van der Waals surface area contributed by atoms with Crippen LogP contribution in [0, 0.1) is 23.1 Å². The van der Waals surface area contributed by atoms with Crippen LogP contribution in [0.15, 0.2) is 12.1 Å². The van der Waals surface area contributed by atoms with Gasteiger partial charge in [-0.2, -0.15) is 0 Å². The molecule has 1 fully saturated rings. The highest BCUT2D eigenvalue weighted by molar-refractivity contribution is 6.03. The predicted molar refractivity (Wildman–Crippen MR) is 146 cm³/mol. The number of nitrogens with zero attached hydrogens (tertiary/aromatic N) is 2. The second-order valence-corrected chi connectivity index (χ2v) is 11.3. The number of aldehydes is 1. The maximum absolute atomic E-state index is 15.4. The van der Waals surface area contributed by atoms with Crippen molar-refractivity contribution >= 4 is 29.4 Å². The van der Waals surface area contributed by atoms with E-state index in [1.54, 1.807) is 13.8 Å². The summed E-state index contributed by atoms with van der Waals surface area (Å²) in [7, 11) is 1.46. The number of carbonyl (C=O) groups is 4. The molecule has 0 aromatic heterocycles. The summed E-state index contributed by atoms with van der Waals surface area (Å²) in [5, 5.41) is 0. The molecule has 1 aromatic rings. The van der Waals surface area contributed by atoms with Gasteiger partial charge in [-0.25, -0.2) is 4.39 Å². The Morgan fingerprint density at radius 2 is 1.84 bits per heavy atom. The molecule has 3 unspecified atom stereocenters. The number of carbonyl (C=O) groups excluding carboxylic acids is 4. The molecule has 206 valence electrons. The molecule has 0 aliphatic carbocycles. The average Bonchev–Trinajstić information content (AvgIpc) is 3.30. The molecular formula is C30H45FN2O4. The Labute approximate surface area is 222 Å². The summed E-state index contributed by atoms with van der Waals surface area (Å²) < 4.78 is 15.4. The van der Waals surface area contributed by atoms with Gasteiger partial charge in [0.1, 0.15) is 11.6 Å². The number of rotatable bonds is 14. The zero-order valence-corrected chi connectivity index (χ0v) is 23.7. The number of halogens is 1. The Morgan fingerprint density at radius 1 is 1.16 bits per heavy atom. The van der Waals surface area contributed by atoms with E-state index >= 15 is 4.39 Å². The highest BCUT2D eigenvalue weighted by Crippen LogP contribution is 2.42. The van der Waals surface area contributed by atoms with Gasteiger partial charge in [0.05, 0.1) is 17.3 Å². The molecule has 1 amide bonds. The fourth-order valence-electron chi connectivity index (χ4n) is 5.24. The third-order valence-corrected chi connectivity index (χ3v) is 8.43. The lowest BCUT2D eigenvalue weighted by molar-refractivity contribution is -0.123. The Morgan fingerprint density at radius 3 is 2.38 bits per heavy atom. The molecule has 37 heavy (non-hydrogen) atoms. The number of hydrogen-bond acceptors (Lipinski definition) is 5. The number of benzene rings is 1. The van der Waals surface area contributed by atoms with Gasteiger partial charge in [0.25, 0.3) is 5.91 Å². The third kappa shape index (κ3) is 7.48. The first-order valence-electron chi connectivity index (χ1n) is 13.7. The molecule has 0 bridgehead atoms. The number of hydrogen-bond donors (Lipinski definition) is 0. The van der Waals surface area contributed by atoms with Crippen LogP contribution in [0.4, 0.5) is 10.1 Å². The van der Waals surface area contributed by atoms with Crippen molar-refractivity contribution in [1.82, 2.24) is 4.90 Å². The van der Waals surface area contributed by atoms with Gasteiger partial charge < -0.3 is 9.80 Å². The van der Waals surface area contributed by atoms with Crippen LogP contribution in [-0.2, 0) is 9.59 Å². The minimum absolute atomic E-state index is 0.00833. The van der Waals surface area contributed by atoms with Crippen molar-refractivity contribution in [2.24, 2.45) is 17.3 Å². The van der Waals surface area contributed by atoms with Crippen molar-refractivity contribution in [3.63, 3.8) is 0 Å². The van der Waals surface area contributed by atoms with Gasteiger partial charge in [0.2, 0.25) is 0 Å². The first kappa shape index (κ1) is 30.7. The topological polar surface area (TPSA) is 74.8 Å². The summed E-state index contributed by atoms with van der Waals surface area (Å²) in [6.45, 7) is 13.0. The summed E-state index contributed by atoms with van der Waals surface area (Å²) in [5.74, 6) is -0.922. The summed E-state index contributed by atoms with van der Waals surface area (Å²) in [5.41, 5.74) is 0.486. The monoisotopic (exact) mass is 516 g/mol. The van der Waals surface area contributed by atoms with Gasteiger partial charge in [-0.1, -0.05) is 47.5 Å². The highest BCUT2D eigenvalue weighted by atomic mass is 19.1. The van der Waals surface area contributed by atoms with Crippen molar-refractivity contribution in [2.45, 2.75) is 92.5 Å². The minimum Gasteiger partial charge on any atom is -0.369 e. The lowest BCUT2D eigenvalue weighted by Gasteiger charge is -2.30. The van der Waals surface area contributed by atoms with Crippen LogP contribution >= 0.6 is 0 Å². The maximum atomic E-state index is 15.4. The van der Waals surface area contributed by atoms with E-state index in [0.717, 1.165) is 44.7 Å². The lowest BCUT2D eigenvalue weighted by atomic mass is 9.78. The quantitative estimate of drug-likeness (QED) is 0.279. The Hall–Kier alpha value is -2.57. The van der Waals surface area contributed by atoms with Gasteiger partial charge in [-0.3, -0.25) is 19.2 Å². The molecule has 6 nitrogen and oxygen atoms in total. The SMILES string of the molecule is CCC(C)CCC1(CC)CCN(c2cc(C=O)c(C(=O)N(C)C(CCC(=O)C(C)C)C(C)=O)cc2F)C1. The average molecular weight is 517 g/mol. The van der Waals surface area contributed by atoms with E-state index in [0.29, 0.717) is 24.4 Å². The van der Waals surface area contributed by atoms with Crippen molar-refractivity contribution < 1.29 is 23.6 Å². The van der Waals surface area contributed by atoms with Crippen LogP contribution in [0.5, 0.6) is 0 Å². The number of anilines is 1. The van der Waals surface area contributed by atoms with Crippen LogP contribution in [0.3, 0.4) is 0 Å². The molecule has 3 atom stereocenters. The van der Waals surface area contributed by atoms with E-state index in [-0.39, 0.29) is 46.9 Å². The van der Waals surface area contributed by atoms with E-state index < -0.39 is 17.8 Å². The fraction of sp³-hybridized carbons (Fsp3) is 0.667. The molecule has 1 aromatic carbocycles. The van der Waals surface area contributed by atoms with E-state index in [1.807, 2.05) is 4.90 Å². The molecule has 1 aliphatic rings. The normalized spacial score (nSPS) is 19.1. The number of likely N-dealkylation sites (N-methyl/N-ethyl adjacent to an activating group) is 1. The van der Waals surface area contributed by atoms with Crippen LogP contribution in [0.25, 0.3) is 0 Å². The standard InChI is InChI=1S/C30H45FN2O4/c1-8-21(5)12-13-30(9-2)14-15-33(19-30)27-16-23(18-34)24(17-25(27)31)29(37)32(7)26(22(6)35)10-11-28(36)20(3)4/h16-18,20-21,26H,8-15,19H2,1-7H3. The van der Waals surface area contributed by atoms with E-state index in [2.05, 4.69) is 20.8 Å². The molecule has 0 radical (unpaired) electrons. The van der Waals surface area contributed by atoms with Gasteiger partial charge in [0, 0.05) is 38.0 Å². The number of Topliss-reactive ketones (excluding diaryl/α,β-unsaturated/α-hetero) is 2. The van der Waals surface area contributed by atoms with E-state index in [1.165, 1.54) is 24.9 Å². The first-order chi connectivity index (χ1) is 17.4. The second-order valence-electron chi connectivity index (χ2n) is 11.3. The van der Waals surface area contributed by atoms with Crippen molar-refractivity contribution in [1.29, 1.82) is 0 Å². The molecule has 0 spiro atoms. The summed E-state index contributed by atoms with van der Waals surface area (Å²) in [6.07, 6.45) is 6.27. The maximum Gasteiger partial charge on any atom is 0.255 e. The Kier molecular flexibility index (Phi) is 11.0. The zero-order valence-electron chi connectivity index (χ0n) is 23.7. The van der Waals surface area contributed by atoms with Crippen LogP contribution in [0.1, 0.15) is 107 Å². The predicted octanol–water partition coefficient (Wildman–Crippen LogP) is 6.11. The van der Waals surface area contributed by atoms with Gasteiger partial charge >= 0.3 is 0 Å². The van der Waals surface area contributed by atoms with Crippen molar-refractivity contribution in [2.75, 3.05) is 25.0 Å². The molecule has 7 heteroatoms. The fourth-order valence-corrected chi connectivity index (χ4v) is 5.24. The molecule has 0 N–H and O–H groups in total. The molecule has 1 saturated heterocycles. The first-order valence-corrected chi connectivity index (χ1v) is 13.7. The van der Waals surface area contributed by atoms with Gasteiger partial charge in [-0.15, -0.1) is 0 Å². The number of amides is 1. The largest absolute Gasteiger partial charge is 0.369 e. The molecular weight excluding hydrogens is 471 g/mol. The van der Waals surface area contributed by atoms with Gasteiger partial charge in [0.15, 0.2) is 12.1 Å². The molecule has 1 heterocycles. The van der Waals surface area contributed by atoms with Crippen molar-refractivity contribution in [3.8, 4) is 0 Å². The third-order valence-electron chi connectivity index (χ3n) is 8.43. The minimum atomic E-state index is -0.827.